The first-order chi connectivity index (χ1) is 8.02. The fourth-order valence-electron chi connectivity index (χ4n) is 1.12. The molecule has 1 atom stereocenters. The lowest BCUT2D eigenvalue weighted by Gasteiger charge is -2.21. The zero-order valence-electron chi connectivity index (χ0n) is 9.71. The fraction of sp³-hybridized carbons (Fsp3) is 0.500. The van der Waals surface area contributed by atoms with Gasteiger partial charge in [-0.05, 0) is 6.92 Å². The summed E-state index contributed by atoms with van der Waals surface area (Å²) in [7, 11) is 1.46. The van der Waals surface area contributed by atoms with Crippen molar-refractivity contribution in [3.8, 4) is 0 Å². The molecule has 2 N–H and O–H groups in total. The predicted octanol–water partition coefficient (Wildman–Crippen LogP) is 0.800. The maximum atomic E-state index is 11.6. The Balaban J connectivity index is 2.32. The highest BCUT2D eigenvalue weighted by Gasteiger charge is 2.20. The van der Waals surface area contributed by atoms with Gasteiger partial charge in [0, 0.05) is 31.6 Å². The number of aromatic nitrogens is 1. The first kappa shape index (κ1) is 13.4. The number of rotatable bonds is 5. The number of carboxylic acid groups (broad SMARTS) is 1. The molecule has 7 heteroatoms. The van der Waals surface area contributed by atoms with Gasteiger partial charge in [-0.2, -0.15) is 0 Å². The average molecular weight is 257 g/mol. The van der Waals surface area contributed by atoms with E-state index >= 15 is 0 Å². The van der Waals surface area contributed by atoms with Crippen LogP contribution < -0.4 is 5.32 Å². The maximum absolute atomic E-state index is 11.6. The molecule has 0 saturated carbocycles. The smallest absolute Gasteiger partial charge is 0.326 e. The molecule has 0 aliphatic rings. The van der Waals surface area contributed by atoms with E-state index in [9.17, 15) is 9.59 Å². The van der Waals surface area contributed by atoms with Crippen LogP contribution in [0.5, 0.6) is 0 Å². The average Bonchev–Trinajstić information content (AvgIpc) is 2.79. The van der Waals surface area contributed by atoms with Crippen molar-refractivity contribution < 1.29 is 14.7 Å². The lowest BCUT2D eigenvalue weighted by Crippen LogP contribution is -2.46. The van der Waals surface area contributed by atoms with E-state index in [0.717, 1.165) is 9.91 Å². The number of nitrogens with zero attached hydrogens (tertiary/aromatic N) is 2. The first-order valence-electron chi connectivity index (χ1n) is 5.14. The van der Waals surface area contributed by atoms with Crippen molar-refractivity contribution in [2.24, 2.45) is 0 Å². The van der Waals surface area contributed by atoms with Gasteiger partial charge in [0.15, 0.2) is 0 Å². The van der Waals surface area contributed by atoms with Crippen molar-refractivity contribution in [1.29, 1.82) is 0 Å². The number of nitrogens with one attached hydrogen (secondary N) is 1. The Morgan fingerprint density at radius 1 is 1.65 bits per heavy atom. The molecular formula is C10H15N3O3S. The van der Waals surface area contributed by atoms with Gasteiger partial charge < -0.3 is 15.3 Å². The minimum Gasteiger partial charge on any atom is -0.480 e. The number of carbonyl (C=O) groups excluding carboxylic acids is 1. The summed E-state index contributed by atoms with van der Waals surface area (Å²) in [6.07, 6.45) is 2.36. The van der Waals surface area contributed by atoms with E-state index in [4.69, 9.17) is 5.11 Å². The third-order valence-corrected chi connectivity index (χ3v) is 3.20. The fourth-order valence-corrected chi connectivity index (χ4v) is 1.74. The third kappa shape index (κ3) is 4.03. The number of aliphatic carboxylic acids is 1. The highest BCUT2D eigenvalue weighted by Crippen LogP contribution is 2.03. The van der Waals surface area contributed by atoms with E-state index < -0.39 is 18.0 Å². The van der Waals surface area contributed by atoms with Gasteiger partial charge in [-0.15, -0.1) is 11.3 Å². The van der Waals surface area contributed by atoms with Crippen LogP contribution in [0.15, 0.2) is 11.6 Å². The van der Waals surface area contributed by atoms with Gasteiger partial charge in [-0.1, -0.05) is 0 Å². The van der Waals surface area contributed by atoms with Crippen LogP contribution in [0.2, 0.25) is 0 Å². The van der Waals surface area contributed by atoms with Crippen LogP contribution in [0.3, 0.4) is 0 Å². The van der Waals surface area contributed by atoms with Crippen LogP contribution in [-0.4, -0.2) is 46.6 Å². The molecule has 0 bridgehead atoms. The molecular weight excluding hydrogens is 242 g/mol. The Morgan fingerprint density at radius 2 is 2.35 bits per heavy atom. The molecule has 0 spiro atoms. The molecule has 1 aromatic heterocycles. The SMILES string of the molecule is CC(C(=O)O)N(C)C(=O)NCCc1nccs1. The molecule has 1 unspecified atom stereocenters. The molecule has 0 aromatic carbocycles. The molecule has 0 radical (unpaired) electrons. The monoisotopic (exact) mass is 257 g/mol. The van der Waals surface area contributed by atoms with Crippen molar-refractivity contribution in [3.05, 3.63) is 16.6 Å². The zero-order chi connectivity index (χ0) is 12.8. The Morgan fingerprint density at radius 3 is 2.88 bits per heavy atom. The van der Waals surface area contributed by atoms with Crippen molar-refractivity contribution >= 4 is 23.3 Å². The molecule has 2 amide bonds. The summed E-state index contributed by atoms with van der Waals surface area (Å²) >= 11 is 1.52. The number of carboxylic acids is 1. The summed E-state index contributed by atoms with van der Waals surface area (Å²) in [6.45, 7) is 1.91. The maximum Gasteiger partial charge on any atom is 0.326 e. The number of carbonyl (C=O) groups is 2. The van der Waals surface area contributed by atoms with E-state index in [1.807, 2.05) is 5.38 Å². The Kier molecular flexibility index (Phi) is 4.89. The summed E-state index contributed by atoms with van der Waals surface area (Å²) in [5.41, 5.74) is 0. The summed E-state index contributed by atoms with van der Waals surface area (Å²) in [4.78, 5) is 27.5. The molecule has 0 aliphatic heterocycles. The van der Waals surface area contributed by atoms with Gasteiger partial charge in [-0.3, -0.25) is 0 Å². The summed E-state index contributed by atoms with van der Waals surface area (Å²) in [6, 6.07) is -1.23. The van der Waals surface area contributed by atoms with Crippen LogP contribution in [0.4, 0.5) is 4.79 Å². The molecule has 1 aromatic rings. The molecule has 94 valence electrons. The largest absolute Gasteiger partial charge is 0.480 e. The standard InChI is InChI=1S/C10H15N3O3S/c1-7(9(14)15)13(2)10(16)12-4-3-8-11-5-6-17-8/h5-7H,3-4H2,1-2H3,(H,12,16)(H,14,15). The van der Waals surface area contributed by atoms with E-state index in [2.05, 4.69) is 10.3 Å². The Hall–Kier alpha value is -1.63. The molecule has 6 nitrogen and oxygen atoms in total. The number of thiazole rings is 1. The predicted molar refractivity (Wildman–Crippen MR) is 64.1 cm³/mol. The number of hydrogen-bond acceptors (Lipinski definition) is 4. The lowest BCUT2D eigenvalue weighted by atomic mass is 10.3. The molecule has 1 heterocycles. The van der Waals surface area contributed by atoms with Gasteiger partial charge in [-0.25, -0.2) is 14.6 Å². The molecule has 17 heavy (non-hydrogen) atoms. The van der Waals surface area contributed by atoms with Crippen LogP contribution in [0, 0.1) is 0 Å². The highest BCUT2D eigenvalue weighted by molar-refractivity contribution is 7.09. The van der Waals surface area contributed by atoms with Gasteiger partial charge >= 0.3 is 12.0 Å². The minimum absolute atomic E-state index is 0.392. The van der Waals surface area contributed by atoms with Gasteiger partial charge in [0.1, 0.15) is 6.04 Å². The third-order valence-electron chi connectivity index (χ3n) is 2.36. The quantitative estimate of drug-likeness (QED) is 0.817. The number of amides is 2. The van der Waals surface area contributed by atoms with Crippen LogP contribution in [0.25, 0.3) is 0 Å². The topological polar surface area (TPSA) is 82.5 Å². The number of likely N-dealkylation sites (N-methyl/N-ethyl adjacent to an activating group) is 1. The van der Waals surface area contributed by atoms with Crippen LogP contribution >= 0.6 is 11.3 Å². The van der Waals surface area contributed by atoms with E-state index in [1.54, 1.807) is 6.20 Å². The lowest BCUT2D eigenvalue weighted by molar-refractivity contribution is -0.141. The summed E-state index contributed by atoms with van der Waals surface area (Å²) < 4.78 is 0. The highest BCUT2D eigenvalue weighted by atomic mass is 32.1. The van der Waals surface area contributed by atoms with Crippen LogP contribution in [0.1, 0.15) is 11.9 Å². The summed E-state index contributed by atoms with van der Waals surface area (Å²) in [5, 5.41) is 14.2. The second-order valence-electron chi connectivity index (χ2n) is 3.53. The Labute approximate surface area is 103 Å². The number of urea groups is 1. The van der Waals surface area contributed by atoms with Crippen molar-refractivity contribution in [2.45, 2.75) is 19.4 Å². The number of hydrogen-bond donors (Lipinski definition) is 2. The molecule has 0 fully saturated rings. The Bertz CT molecular complexity index is 380. The van der Waals surface area contributed by atoms with E-state index in [-0.39, 0.29) is 0 Å². The van der Waals surface area contributed by atoms with Crippen molar-refractivity contribution in [3.63, 3.8) is 0 Å². The zero-order valence-corrected chi connectivity index (χ0v) is 10.5. The van der Waals surface area contributed by atoms with E-state index in [1.165, 1.54) is 25.3 Å². The second-order valence-corrected chi connectivity index (χ2v) is 4.51. The molecule has 0 saturated heterocycles. The van der Waals surface area contributed by atoms with Gasteiger partial charge in [0.2, 0.25) is 0 Å². The van der Waals surface area contributed by atoms with Gasteiger partial charge in [0.05, 0.1) is 5.01 Å². The van der Waals surface area contributed by atoms with E-state index in [0.29, 0.717) is 13.0 Å². The molecule has 1 rings (SSSR count). The minimum atomic E-state index is -1.03. The van der Waals surface area contributed by atoms with Gasteiger partial charge in [0.25, 0.3) is 0 Å². The van der Waals surface area contributed by atoms with Crippen molar-refractivity contribution in [2.75, 3.05) is 13.6 Å². The second kappa shape index (κ2) is 6.19. The normalized spacial score (nSPS) is 11.9. The summed E-state index contributed by atoms with van der Waals surface area (Å²) in [5.74, 6) is -1.03. The van der Waals surface area contributed by atoms with Crippen LogP contribution in [-0.2, 0) is 11.2 Å². The molecule has 0 aliphatic carbocycles. The van der Waals surface area contributed by atoms with Crippen molar-refractivity contribution in [1.82, 2.24) is 15.2 Å². The first-order valence-corrected chi connectivity index (χ1v) is 6.02.